The molecule has 0 unspecified atom stereocenters. The molecular weight excluding hydrogens is 238 g/mol. The first-order valence-corrected chi connectivity index (χ1v) is 5.33. The van der Waals surface area contributed by atoms with Crippen LogP contribution in [0.15, 0.2) is 36.4 Å². The Hall–Kier alpha value is -2.10. The van der Waals surface area contributed by atoms with Crippen molar-refractivity contribution < 1.29 is 18.3 Å². The van der Waals surface area contributed by atoms with Crippen LogP contribution in [0.4, 0.5) is 8.78 Å². The standard InChI is InChI=1S/C14H12F2O2/c1-17-10-5-3-9(4-6-10)14-12(15)7-11(18-2)8-13(14)16/h3-8H,1-2H3. The SMILES string of the molecule is COc1ccc(-c2c(F)cc(OC)cc2F)cc1. The maximum Gasteiger partial charge on any atom is 0.137 e. The lowest BCUT2D eigenvalue weighted by atomic mass is 10.0. The number of halogens is 2. The molecule has 0 aromatic heterocycles. The van der Waals surface area contributed by atoms with Crippen LogP contribution in [0.1, 0.15) is 0 Å². The Morgan fingerprint density at radius 2 is 1.28 bits per heavy atom. The minimum Gasteiger partial charge on any atom is -0.497 e. The molecule has 0 atom stereocenters. The Morgan fingerprint density at radius 1 is 0.778 bits per heavy atom. The minimum absolute atomic E-state index is 0.0709. The summed E-state index contributed by atoms with van der Waals surface area (Å²) in [5, 5.41) is 0. The smallest absolute Gasteiger partial charge is 0.137 e. The molecule has 0 fully saturated rings. The van der Waals surface area contributed by atoms with Crippen molar-refractivity contribution in [2.75, 3.05) is 14.2 Å². The van der Waals surface area contributed by atoms with E-state index in [2.05, 4.69) is 0 Å². The van der Waals surface area contributed by atoms with Gasteiger partial charge in [-0.3, -0.25) is 0 Å². The van der Waals surface area contributed by atoms with Crippen molar-refractivity contribution in [2.24, 2.45) is 0 Å². The molecule has 0 amide bonds. The molecule has 2 aromatic rings. The number of rotatable bonds is 3. The second-order valence-corrected chi connectivity index (χ2v) is 3.69. The second-order valence-electron chi connectivity index (χ2n) is 3.69. The van der Waals surface area contributed by atoms with Crippen LogP contribution in [0.3, 0.4) is 0 Å². The van der Waals surface area contributed by atoms with E-state index in [1.54, 1.807) is 24.3 Å². The quantitative estimate of drug-likeness (QED) is 0.827. The molecule has 0 bridgehead atoms. The molecule has 2 aromatic carbocycles. The summed E-state index contributed by atoms with van der Waals surface area (Å²) >= 11 is 0. The van der Waals surface area contributed by atoms with Crippen molar-refractivity contribution in [1.82, 2.24) is 0 Å². The number of ether oxygens (including phenoxy) is 2. The molecule has 0 aliphatic heterocycles. The van der Waals surface area contributed by atoms with E-state index in [1.807, 2.05) is 0 Å². The lowest BCUT2D eigenvalue weighted by Crippen LogP contribution is -1.93. The van der Waals surface area contributed by atoms with E-state index in [-0.39, 0.29) is 11.3 Å². The molecule has 0 aliphatic rings. The summed E-state index contributed by atoms with van der Waals surface area (Å²) in [5.41, 5.74) is 0.381. The van der Waals surface area contributed by atoms with Crippen LogP contribution in [0.25, 0.3) is 11.1 Å². The molecule has 2 rings (SSSR count). The maximum atomic E-state index is 13.8. The summed E-state index contributed by atoms with van der Waals surface area (Å²) < 4.78 is 37.4. The predicted molar refractivity (Wildman–Crippen MR) is 64.9 cm³/mol. The summed E-state index contributed by atoms with van der Waals surface area (Å²) in [6.45, 7) is 0. The van der Waals surface area contributed by atoms with Gasteiger partial charge in [-0.05, 0) is 17.7 Å². The van der Waals surface area contributed by atoms with E-state index in [9.17, 15) is 8.78 Å². The van der Waals surface area contributed by atoms with E-state index in [0.717, 1.165) is 12.1 Å². The Kier molecular flexibility index (Phi) is 3.46. The molecule has 0 heterocycles. The predicted octanol–water partition coefficient (Wildman–Crippen LogP) is 3.65. The van der Waals surface area contributed by atoms with Crippen LogP contribution < -0.4 is 9.47 Å². The zero-order chi connectivity index (χ0) is 13.1. The van der Waals surface area contributed by atoms with Crippen molar-refractivity contribution in [3.8, 4) is 22.6 Å². The molecule has 0 spiro atoms. The van der Waals surface area contributed by atoms with Gasteiger partial charge in [0.2, 0.25) is 0 Å². The van der Waals surface area contributed by atoms with Gasteiger partial charge in [-0.15, -0.1) is 0 Å². The number of methoxy groups -OCH3 is 2. The van der Waals surface area contributed by atoms with Crippen molar-refractivity contribution in [3.63, 3.8) is 0 Å². The van der Waals surface area contributed by atoms with Gasteiger partial charge in [0.05, 0.1) is 19.8 Å². The first-order valence-electron chi connectivity index (χ1n) is 5.33. The van der Waals surface area contributed by atoms with Gasteiger partial charge in [0, 0.05) is 12.1 Å². The summed E-state index contributed by atoms with van der Waals surface area (Å²) in [7, 11) is 2.89. The summed E-state index contributed by atoms with van der Waals surface area (Å²) in [4.78, 5) is 0. The molecule has 2 nitrogen and oxygen atoms in total. The van der Waals surface area contributed by atoms with Crippen molar-refractivity contribution >= 4 is 0 Å². The summed E-state index contributed by atoms with van der Waals surface area (Å²) in [6.07, 6.45) is 0. The summed E-state index contributed by atoms with van der Waals surface area (Å²) in [6, 6.07) is 8.82. The van der Waals surface area contributed by atoms with Gasteiger partial charge in [-0.1, -0.05) is 12.1 Å². The van der Waals surface area contributed by atoms with Crippen LogP contribution in [-0.2, 0) is 0 Å². The zero-order valence-electron chi connectivity index (χ0n) is 10.0. The Labute approximate surface area is 104 Å². The summed E-state index contributed by atoms with van der Waals surface area (Å²) in [5.74, 6) is -0.524. The highest BCUT2D eigenvalue weighted by molar-refractivity contribution is 5.66. The monoisotopic (exact) mass is 250 g/mol. The average Bonchev–Trinajstić information content (AvgIpc) is 2.38. The molecule has 0 saturated carbocycles. The lowest BCUT2D eigenvalue weighted by molar-refractivity contribution is 0.407. The normalized spacial score (nSPS) is 10.2. The third-order valence-corrected chi connectivity index (χ3v) is 2.63. The average molecular weight is 250 g/mol. The van der Waals surface area contributed by atoms with Crippen molar-refractivity contribution in [2.45, 2.75) is 0 Å². The van der Waals surface area contributed by atoms with E-state index in [4.69, 9.17) is 9.47 Å². The molecule has 18 heavy (non-hydrogen) atoms. The van der Waals surface area contributed by atoms with Crippen LogP contribution in [0.2, 0.25) is 0 Å². The fourth-order valence-electron chi connectivity index (χ4n) is 1.70. The molecular formula is C14H12F2O2. The van der Waals surface area contributed by atoms with Crippen molar-refractivity contribution in [1.29, 1.82) is 0 Å². The highest BCUT2D eigenvalue weighted by atomic mass is 19.1. The number of hydrogen-bond acceptors (Lipinski definition) is 2. The van der Waals surface area contributed by atoms with Gasteiger partial charge in [0.25, 0.3) is 0 Å². The van der Waals surface area contributed by atoms with Crippen LogP contribution in [0, 0.1) is 11.6 Å². The molecule has 94 valence electrons. The minimum atomic E-state index is -0.656. The van der Waals surface area contributed by atoms with Crippen molar-refractivity contribution in [3.05, 3.63) is 48.0 Å². The number of benzene rings is 2. The fourth-order valence-corrected chi connectivity index (χ4v) is 1.70. The highest BCUT2D eigenvalue weighted by Crippen LogP contribution is 2.30. The Balaban J connectivity index is 2.49. The van der Waals surface area contributed by atoms with Gasteiger partial charge in [-0.2, -0.15) is 0 Å². The van der Waals surface area contributed by atoms with Gasteiger partial charge < -0.3 is 9.47 Å². The first-order chi connectivity index (χ1) is 8.65. The first kappa shape index (κ1) is 12.4. The van der Waals surface area contributed by atoms with Crippen LogP contribution in [0.5, 0.6) is 11.5 Å². The molecule has 0 aliphatic carbocycles. The molecule has 4 heteroatoms. The van der Waals surface area contributed by atoms with Gasteiger partial charge >= 0.3 is 0 Å². The van der Waals surface area contributed by atoms with Gasteiger partial charge in [-0.25, -0.2) is 8.78 Å². The van der Waals surface area contributed by atoms with Gasteiger partial charge in [0.1, 0.15) is 23.1 Å². The molecule has 0 radical (unpaired) electrons. The van der Waals surface area contributed by atoms with E-state index >= 15 is 0 Å². The van der Waals surface area contributed by atoms with E-state index in [0.29, 0.717) is 11.3 Å². The lowest BCUT2D eigenvalue weighted by Gasteiger charge is -2.08. The largest absolute Gasteiger partial charge is 0.497 e. The van der Waals surface area contributed by atoms with Crippen LogP contribution >= 0.6 is 0 Å². The molecule has 0 saturated heterocycles. The Bertz CT molecular complexity index is 527. The fraction of sp³-hybridized carbons (Fsp3) is 0.143. The third-order valence-electron chi connectivity index (χ3n) is 2.63. The topological polar surface area (TPSA) is 18.5 Å². The Morgan fingerprint density at radius 3 is 1.72 bits per heavy atom. The van der Waals surface area contributed by atoms with Crippen LogP contribution in [-0.4, -0.2) is 14.2 Å². The third kappa shape index (κ3) is 2.27. The highest BCUT2D eigenvalue weighted by Gasteiger charge is 2.13. The molecule has 0 N–H and O–H groups in total. The zero-order valence-corrected chi connectivity index (χ0v) is 10.0. The van der Waals surface area contributed by atoms with E-state index in [1.165, 1.54) is 14.2 Å². The second kappa shape index (κ2) is 5.04. The van der Waals surface area contributed by atoms with E-state index < -0.39 is 11.6 Å². The van der Waals surface area contributed by atoms with Gasteiger partial charge in [0.15, 0.2) is 0 Å². The number of hydrogen-bond donors (Lipinski definition) is 0. The maximum absolute atomic E-state index is 13.8.